The van der Waals surface area contributed by atoms with Gasteiger partial charge in [-0.3, -0.25) is 4.79 Å². The molecule has 7 heteroatoms. The Morgan fingerprint density at radius 1 is 1.17 bits per heavy atom. The SMILES string of the molecule is [B]N1CCCC(c2nc3c(cnn3C3CCCCC3)c(=O)[nH]2)C1. The number of aromatic amines is 1. The van der Waals surface area contributed by atoms with Crippen molar-refractivity contribution in [1.82, 2.24) is 24.6 Å². The number of fused-ring (bicyclic) bond motifs is 1. The Morgan fingerprint density at radius 2 is 2.00 bits per heavy atom. The fourth-order valence-electron chi connectivity index (χ4n) is 3.97. The first-order chi connectivity index (χ1) is 11.2. The summed E-state index contributed by atoms with van der Waals surface area (Å²) in [4.78, 5) is 22.0. The second-order valence-corrected chi connectivity index (χ2v) is 6.90. The van der Waals surface area contributed by atoms with Gasteiger partial charge in [-0.1, -0.05) is 19.3 Å². The molecule has 3 heterocycles. The van der Waals surface area contributed by atoms with Crippen LogP contribution in [0.3, 0.4) is 0 Å². The Balaban J connectivity index is 1.74. The van der Waals surface area contributed by atoms with Crippen molar-refractivity contribution in [3.63, 3.8) is 0 Å². The summed E-state index contributed by atoms with van der Waals surface area (Å²) in [7, 11) is 5.94. The van der Waals surface area contributed by atoms with E-state index in [9.17, 15) is 4.79 Å². The van der Waals surface area contributed by atoms with E-state index < -0.39 is 0 Å². The third-order valence-electron chi connectivity index (χ3n) is 5.24. The minimum atomic E-state index is -0.0822. The lowest BCUT2D eigenvalue weighted by Crippen LogP contribution is -2.33. The maximum Gasteiger partial charge on any atom is 0.262 e. The van der Waals surface area contributed by atoms with Crippen LogP contribution in [0.2, 0.25) is 0 Å². The van der Waals surface area contributed by atoms with Gasteiger partial charge in [0.05, 0.1) is 12.2 Å². The van der Waals surface area contributed by atoms with Crippen molar-refractivity contribution in [3.8, 4) is 0 Å². The molecule has 0 spiro atoms. The molecule has 1 atom stereocenters. The molecule has 2 fully saturated rings. The van der Waals surface area contributed by atoms with E-state index in [1.54, 1.807) is 6.20 Å². The molecule has 4 rings (SSSR count). The van der Waals surface area contributed by atoms with Gasteiger partial charge in [-0.05, 0) is 38.8 Å². The molecule has 2 aromatic rings. The molecule has 1 saturated carbocycles. The lowest BCUT2D eigenvalue weighted by Gasteiger charge is -2.29. The van der Waals surface area contributed by atoms with Crippen LogP contribution in [0.25, 0.3) is 11.0 Å². The maximum atomic E-state index is 12.4. The summed E-state index contributed by atoms with van der Waals surface area (Å²) in [5.74, 6) is 0.954. The van der Waals surface area contributed by atoms with E-state index in [-0.39, 0.29) is 11.5 Å². The molecule has 1 unspecified atom stereocenters. The molecule has 2 aliphatic rings. The highest BCUT2D eigenvalue weighted by Gasteiger charge is 2.24. The van der Waals surface area contributed by atoms with Gasteiger partial charge in [-0.15, -0.1) is 0 Å². The lowest BCUT2D eigenvalue weighted by molar-refractivity contribution is 0.321. The minimum Gasteiger partial charge on any atom is -0.353 e. The number of nitrogens with one attached hydrogen (secondary N) is 1. The van der Waals surface area contributed by atoms with Gasteiger partial charge in [0.2, 0.25) is 0 Å². The first-order valence-corrected chi connectivity index (χ1v) is 8.69. The summed E-state index contributed by atoms with van der Waals surface area (Å²) in [5, 5.41) is 5.08. The number of hydrogen-bond acceptors (Lipinski definition) is 4. The number of rotatable bonds is 2. The maximum absolute atomic E-state index is 12.4. The molecule has 0 amide bonds. The van der Waals surface area contributed by atoms with Crippen LogP contribution in [0.15, 0.2) is 11.0 Å². The summed E-state index contributed by atoms with van der Waals surface area (Å²) in [5.41, 5.74) is 0.658. The van der Waals surface area contributed by atoms with Crippen LogP contribution in [-0.4, -0.2) is 45.6 Å². The molecular weight excluding hydrogens is 289 g/mol. The molecule has 6 nitrogen and oxygen atoms in total. The highest BCUT2D eigenvalue weighted by Crippen LogP contribution is 2.30. The Kier molecular flexibility index (Phi) is 3.97. The van der Waals surface area contributed by atoms with E-state index in [1.165, 1.54) is 19.3 Å². The fourth-order valence-corrected chi connectivity index (χ4v) is 3.97. The van der Waals surface area contributed by atoms with Gasteiger partial charge in [0.1, 0.15) is 11.2 Å². The molecule has 1 aliphatic heterocycles. The van der Waals surface area contributed by atoms with Crippen molar-refractivity contribution in [2.75, 3.05) is 13.1 Å². The molecule has 2 radical (unpaired) electrons. The topological polar surface area (TPSA) is 66.8 Å². The van der Waals surface area contributed by atoms with E-state index in [0.29, 0.717) is 11.4 Å². The van der Waals surface area contributed by atoms with E-state index in [0.717, 1.165) is 50.2 Å². The van der Waals surface area contributed by atoms with Gasteiger partial charge in [-0.2, -0.15) is 5.10 Å². The van der Waals surface area contributed by atoms with Crippen molar-refractivity contribution in [3.05, 3.63) is 22.4 Å². The highest BCUT2D eigenvalue weighted by molar-refractivity contribution is 6.04. The number of piperidine rings is 1. The zero-order valence-corrected chi connectivity index (χ0v) is 13.4. The van der Waals surface area contributed by atoms with Crippen molar-refractivity contribution >= 4 is 19.0 Å². The smallest absolute Gasteiger partial charge is 0.262 e. The van der Waals surface area contributed by atoms with E-state index in [4.69, 9.17) is 13.0 Å². The molecule has 1 aliphatic carbocycles. The van der Waals surface area contributed by atoms with Gasteiger partial charge in [-0.25, -0.2) is 9.67 Å². The number of H-pyrrole nitrogens is 1. The fraction of sp³-hybridized carbons (Fsp3) is 0.688. The van der Waals surface area contributed by atoms with Crippen LogP contribution < -0.4 is 5.56 Å². The third kappa shape index (κ3) is 2.82. The first kappa shape index (κ1) is 14.9. The number of nitrogens with zero attached hydrogens (tertiary/aromatic N) is 4. The lowest BCUT2D eigenvalue weighted by atomic mass is 9.95. The summed E-state index contributed by atoms with van der Waals surface area (Å²) in [6.07, 6.45) is 9.71. The standard InChI is InChI=1S/C16H22BN5O/c17-21-8-4-5-11(10-21)14-19-15-13(16(23)20-14)9-18-22(15)12-6-2-1-3-7-12/h9,11-12H,1-8,10H2,(H,19,20,23). The summed E-state index contributed by atoms with van der Waals surface area (Å²) < 4.78 is 1.98. The van der Waals surface area contributed by atoms with Gasteiger partial charge in [0.25, 0.3) is 5.56 Å². The van der Waals surface area contributed by atoms with Crippen molar-refractivity contribution in [1.29, 1.82) is 0 Å². The molecule has 120 valence electrons. The van der Waals surface area contributed by atoms with Gasteiger partial charge >= 0.3 is 0 Å². The molecule has 2 aromatic heterocycles. The van der Waals surface area contributed by atoms with Crippen LogP contribution in [0.4, 0.5) is 0 Å². The summed E-state index contributed by atoms with van der Waals surface area (Å²) >= 11 is 0. The first-order valence-electron chi connectivity index (χ1n) is 8.69. The predicted octanol–water partition coefficient (Wildman–Crippen LogP) is 1.89. The highest BCUT2D eigenvalue weighted by atomic mass is 16.1. The minimum absolute atomic E-state index is 0.0822. The number of hydrogen-bond donors (Lipinski definition) is 1. The van der Waals surface area contributed by atoms with Gasteiger partial charge in [0.15, 0.2) is 13.6 Å². The molecule has 1 saturated heterocycles. The van der Waals surface area contributed by atoms with Crippen molar-refractivity contribution < 1.29 is 0 Å². The summed E-state index contributed by atoms with van der Waals surface area (Å²) in [6, 6.07) is 0.376. The van der Waals surface area contributed by atoms with Gasteiger partial charge < -0.3 is 9.79 Å². The second kappa shape index (κ2) is 6.11. The summed E-state index contributed by atoms with van der Waals surface area (Å²) in [6.45, 7) is 1.65. The average Bonchev–Trinajstić information content (AvgIpc) is 3.00. The van der Waals surface area contributed by atoms with E-state index >= 15 is 0 Å². The van der Waals surface area contributed by atoms with Crippen molar-refractivity contribution in [2.24, 2.45) is 0 Å². The van der Waals surface area contributed by atoms with Gasteiger partial charge in [0, 0.05) is 5.92 Å². The van der Waals surface area contributed by atoms with E-state index in [1.807, 2.05) is 9.49 Å². The average molecular weight is 311 g/mol. The molecule has 1 N–H and O–H groups in total. The Labute approximate surface area is 136 Å². The van der Waals surface area contributed by atoms with E-state index in [2.05, 4.69) is 10.1 Å². The molecule has 0 bridgehead atoms. The predicted molar refractivity (Wildman–Crippen MR) is 89.6 cm³/mol. The molecular formula is C16H22BN5O. The van der Waals surface area contributed by atoms with Crippen LogP contribution in [0.5, 0.6) is 0 Å². The zero-order chi connectivity index (χ0) is 15.8. The molecule has 0 aromatic carbocycles. The Morgan fingerprint density at radius 3 is 2.78 bits per heavy atom. The molecule has 23 heavy (non-hydrogen) atoms. The van der Waals surface area contributed by atoms with Crippen LogP contribution in [0.1, 0.15) is 62.7 Å². The zero-order valence-electron chi connectivity index (χ0n) is 13.4. The quantitative estimate of drug-likeness (QED) is 0.860. The third-order valence-corrected chi connectivity index (χ3v) is 5.24. The Bertz CT molecular complexity index is 748. The normalized spacial score (nSPS) is 24.3. The number of aromatic nitrogens is 4. The van der Waals surface area contributed by atoms with Crippen LogP contribution in [-0.2, 0) is 0 Å². The van der Waals surface area contributed by atoms with Crippen molar-refractivity contribution in [2.45, 2.75) is 56.9 Å². The monoisotopic (exact) mass is 311 g/mol. The van der Waals surface area contributed by atoms with Crippen LogP contribution in [0, 0.1) is 0 Å². The largest absolute Gasteiger partial charge is 0.353 e. The van der Waals surface area contributed by atoms with Crippen LogP contribution >= 0.6 is 0 Å². The second-order valence-electron chi connectivity index (χ2n) is 6.90. The Hall–Kier alpha value is -1.63.